The highest BCUT2D eigenvalue weighted by Gasteiger charge is 2.37. The second kappa shape index (κ2) is 6.60. The fraction of sp³-hybridized carbons (Fsp3) is 0.643. The van der Waals surface area contributed by atoms with Gasteiger partial charge >= 0.3 is 18.0 Å². The van der Waals surface area contributed by atoms with Crippen molar-refractivity contribution in [2.75, 3.05) is 7.11 Å². The predicted octanol–water partition coefficient (Wildman–Crippen LogP) is 1.61. The molecular weight excluding hydrogens is 278 g/mol. The molecule has 0 aliphatic carbocycles. The van der Waals surface area contributed by atoms with Gasteiger partial charge in [-0.25, -0.2) is 9.59 Å². The smallest absolute Gasteiger partial charge is 0.415 e. The molecule has 0 bridgehead atoms. The number of carbonyl (C=O) groups excluding carboxylic acids is 3. The van der Waals surface area contributed by atoms with Crippen molar-refractivity contribution in [1.82, 2.24) is 4.90 Å². The molecule has 1 amide bonds. The van der Waals surface area contributed by atoms with Crippen molar-refractivity contribution in [1.29, 1.82) is 0 Å². The Hall–Kier alpha value is -2.05. The third-order valence-corrected chi connectivity index (χ3v) is 2.65. The van der Waals surface area contributed by atoms with E-state index < -0.39 is 35.8 Å². The second-order valence-corrected chi connectivity index (χ2v) is 5.65. The first-order valence-electron chi connectivity index (χ1n) is 6.58. The number of amides is 1. The van der Waals surface area contributed by atoms with Crippen molar-refractivity contribution in [3.63, 3.8) is 0 Å². The minimum absolute atomic E-state index is 0.127. The van der Waals surface area contributed by atoms with E-state index >= 15 is 0 Å². The molecule has 0 spiro atoms. The Balaban J connectivity index is 2.91. The third kappa shape index (κ3) is 5.09. The minimum atomic E-state index is -0.890. The highest BCUT2D eigenvalue weighted by molar-refractivity contribution is 5.82. The third-order valence-electron chi connectivity index (χ3n) is 2.65. The Labute approximate surface area is 123 Å². The van der Waals surface area contributed by atoms with E-state index in [1.165, 1.54) is 26.3 Å². The molecule has 0 aromatic rings. The minimum Gasteiger partial charge on any atom is -0.467 e. The molecule has 1 aliphatic rings. The van der Waals surface area contributed by atoms with E-state index in [2.05, 4.69) is 0 Å². The molecule has 0 unspecified atom stereocenters. The number of hydrogen-bond donors (Lipinski definition) is 0. The van der Waals surface area contributed by atoms with Crippen LogP contribution in [0.4, 0.5) is 4.79 Å². The molecule has 0 radical (unpaired) electrons. The summed E-state index contributed by atoms with van der Waals surface area (Å²) in [4.78, 5) is 36.1. The number of nitrogens with zero attached hydrogens (tertiary/aromatic N) is 1. The lowest BCUT2D eigenvalue weighted by Gasteiger charge is -2.33. The average Bonchev–Trinajstić information content (AvgIpc) is 2.34. The first-order chi connectivity index (χ1) is 9.64. The van der Waals surface area contributed by atoms with Gasteiger partial charge in [-0.3, -0.25) is 9.69 Å². The zero-order valence-corrected chi connectivity index (χ0v) is 12.9. The molecule has 0 N–H and O–H groups in total. The highest BCUT2D eigenvalue weighted by Crippen LogP contribution is 2.22. The van der Waals surface area contributed by atoms with E-state index in [4.69, 9.17) is 14.2 Å². The Morgan fingerprint density at radius 2 is 1.86 bits per heavy atom. The van der Waals surface area contributed by atoms with Gasteiger partial charge in [-0.1, -0.05) is 0 Å². The first kappa shape index (κ1) is 17.0. The maximum absolute atomic E-state index is 12.1. The highest BCUT2D eigenvalue weighted by atomic mass is 16.6. The van der Waals surface area contributed by atoms with Crippen LogP contribution in [0.25, 0.3) is 0 Å². The van der Waals surface area contributed by atoms with E-state index in [1.54, 1.807) is 20.8 Å². The van der Waals surface area contributed by atoms with Crippen LogP contribution in [-0.4, -0.2) is 47.8 Å². The monoisotopic (exact) mass is 299 g/mol. The normalized spacial score (nSPS) is 21.7. The molecule has 0 aromatic carbocycles. The Kier molecular flexibility index (Phi) is 5.34. The Morgan fingerprint density at radius 1 is 1.24 bits per heavy atom. The number of hydrogen-bond acceptors (Lipinski definition) is 6. The predicted molar refractivity (Wildman–Crippen MR) is 73.2 cm³/mol. The maximum Gasteiger partial charge on any atom is 0.415 e. The van der Waals surface area contributed by atoms with Gasteiger partial charge in [0.15, 0.2) is 0 Å². The van der Waals surface area contributed by atoms with Crippen LogP contribution in [0.3, 0.4) is 0 Å². The van der Waals surface area contributed by atoms with Gasteiger partial charge in [0.1, 0.15) is 17.7 Å². The van der Waals surface area contributed by atoms with Gasteiger partial charge < -0.3 is 14.2 Å². The van der Waals surface area contributed by atoms with E-state index in [-0.39, 0.29) is 6.42 Å². The van der Waals surface area contributed by atoms with E-state index in [1.807, 2.05) is 0 Å². The summed E-state index contributed by atoms with van der Waals surface area (Å²) in [6.07, 6.45) is 1.81. The molecular formula is C14H21NO6. The van der Waals surface area contributed by atoms with E-state index in [9.17, 15) is 14.4 Å². The van der Waals surface area contributed by atoms with Gasteiger partial charge in [0.05, 0.1) is 7.11 Å². The first-order valence-corrected chi connectivity index (χ1v) is 6.58. The topological polar surface area (TPSA) is 82.1 Å². The molecule has 1 rings (SSSR count). The van der Waals surface area contributed by atoms with Gasteiger partial charge in [-0.15, -0.1) is 0 Å². The van der Waals surface area contributed by atoms with Gasteiger partial charge in [0, 0.05) is 19.5 Å². The zero-order chi connectivity index (χ0) is 16.2. The van der Waals surface area contributed by atoms with Crippen LogP contribution in [-0.2, 0) is 23.8 Å². The summed E-state index contributed by atoms with van der Waals surface area (Å²) < 4.78 is 15.0. The molecule has 0 aromatic heterocycles. The summed E-state index contributed by atoms with van der Waals surface area (Å²) in [5, 5.41) is 0. The fourth-order valence-corrected chi connectivity index (χ4v) is 1.85. The van der Waals surface area contributed by atoms with Gasteiger partial charge in [0.25, 0.3) is 0 Å². The van der Waals surface area contributed by atoms with Crippen LogP contribution in [0.5, 0.6) is 0 Å². The largest absolute Gasteiger partial charge is 0.467 e. The summed E-state index contributed by atoms with van der Waals surface area (Å²) in [6.45, 7) is 6.47. The van der Waals surface area contributed by atoms with Crippen molar-refractivity contribution in [2.45, 2.75) is 51.9 Å². The molecule has 0 saturated heterocycles. The van der Waals surface area contributed by atoms with Crippen molar-refractivity contribution < 1.29 is 28.6 Å². The molecule has 1 aliphatic heterocycles. The van der Waals surface area contributed by atoms with Crippen molar-refractivity contribution >= 4 is 18.0 Å². The van der Waals surface area contributed by atoms with Crippen molar-refractivity contribution in [3.05, 3.63) is 12.3 Å². The summed E-state index contributed by atoms with van der Waals surface area (Å²) in [5.41, 5.74) is -0.682. The number of esters is 2. The van der Waals surface area contributed by atoms with Crippen LogP contribution in [0.1, 0.15) is 34.1 Å². The standard InChI is InChI=1S/C14H21NO6/c1-9(16)20-10-6-7-15(11(8-10)12(17)19-5)13(18)21-14(2,3)4/h6-7,10-11H,8H2,1-5H3/t10-,11+/m1/s1. The lowest BCUT2D eigenvalue weighted by molar-refractivity contribution is -0.152. The quantitative estimate of drug-likeness (QED) is 0.569. The maximum atomic E-state index is 12.1. The lowest BCUT2D eigenvalue weighted by Crippen LogP contribution is -2.48. The van der Waals surface area contributed by atoms with Crippen LogP contribution in [0.2, 0.25) is 0 Å². The Bertz CT molecular complexity index is 451. The van der Waals surface area contributed by atoms with E-state index in [0.717, 1.165) is 4.90 Å². The number of ether oxygens (including phenoxy) is 3. The van der Waals surface area contributed by atoms with Gasteiger partial charge in [0.2, 0.25) is 0 Å². The molecule has 2 atom stereocenters. The summed E-state index contributed by atoms with van der Waals surface area (Å²) >= 11 is 0. The fourth-order valence-electron chi connectivity index (χ4n) is 1.85. The number of carbonyl (C=O) groups is 3. The van der Waals surface area contributed by atoms with Gasteiger partial charge in [-0.2, -0.15) is 0 Å². The molecule has 1 heterocycles. The van der Waals surface area contributed by atoms with Crippen LogP contribution in [0.15, 0.2) is 12.3 Å². The average molecular weight is 299 g/mol. The molecule has 7 heteroatoms. The summed E-state index contributed by atoms with van der Waals surface area (Å²) in [5.74, 6) is -1.05. The number of rotatable bonds is 2. The SMILES string of the molecule is COC(=O)[C@@H]1C[C@H](OC(C)=O)C=CN1C(=O)OC(C)(C)C. The molecule has 21 heavy (non-hydrogen) atoms. The zero-order valence-electron chi connectivity index (χ0n) is 12.9. The molecule has 0 saturated carbocycles. The molecule has 0 fully saturated rings. The van der Waals surface area contributed by atoms with Crippen LogP contribution in [0, 0.1) is 0 Å². The Morgan fingerprint density at radius 3 is 2.33 bits per heavy atom. The summed E-state index contributed by atoms with van der Waals surface area (Å²) in [7, 11) is 1.23. The molecule has 7 nitrogen and oxygen atoms in total. The number of methoxy groups -OCH3 is 1. The van der Waals surface area contributed by atoms with Crippen LogP contribution < -0.4 is 0 Å². The van der Waals surface area contributed by atoms with Crippen molar-refractivity contribution in [3.8, 4) is 0 Å². The van der Waals surface area contributed by atoms with Crippen LogP contribution >= 0.6 is 0 Å². The van der Waals surface area contributed by atoms with Crippen molar-refractivity contribution in [2.24, 2.45) is 0 Å². The second-order valence-electron chi connectivity index (χ2n) is 5.65. The van der Waals surface area contributed by atoms with E-state index in [0.29, 0.717) is 0 Å². The van der Waals surface area contributed by atoms with Gasteiger partial charge in [-0.05, 0) is 26.8 Å². The summed E-state index contributed by atoms with van der Waals surface area (Å²) in [6, 6.07) is -0.890. The molecule has 118 valence electrons. The lowest BCUT2D eigenvalue weighted by atomic mass is 10.0.